The van der Waals surface area contributed by atoms with E-state index in [0.29, 0.717) is 0 Å². The average molecular weight is 181 g/mol. The van der Waals surface area contributed by atoms with Gasteiger partial charge in [-0.05, 0) is 12.1 Å². The van der Waals surface area contributed by atoms with Crippen molar-refractivity contribution in [1.29, 1.82) is 0 Å². The Hall–Kier alpha value is -1.91. The Balaban J connectivity index is 3.54. The topological polar surface area (TPSA) is 69.4 Å². The Morgan fingerprint density at radius 2 is 2.00 bits per heavy atom. The standard InChI is InChI=1S/C8H7NO4/c1-13-7-5-3-2-4-6(10)8(7)9(11)12/h2-5H,1H3. The molecule has 1 rings (SSSR count). The van der Waals surface area contributed by atoms with Crippen LogP contribution in [-0.2, 0) is 0 Å². The Morgan fingerprint density at radius 3 is 2.54 bits per heavy atom. The van der Waals surface area contributed by atoms with Crippen LogP contribution in [0, 0.1) is 10.1 Å². The van der Waals surface area contributed by atoms with Crippen LogP contribution in [0.3, 0.4) is 0 Å². The molecule has 0 atom stereocenters. The smallest absolute Gasteiger partial charge is 0.357 e. The third kappa shape index (κ3) is 1.81. The molecule has 0 aliphatic carbocycles. The van der Waals surface area contributed by atoms with Crippen molar-refractivity contribution in [2.75, 3.05) is 7.11 Å². The summed E-state index contributed by atoms with van der Waals surface area (Å²) in [5.74, 6) is -0.0278. The van der Waals surface area contributed by atoms with Gasteiger partial charge < -0.3 is 4.74 Å². The van der Waals surface area contributed by atoms with Crippen LogP contribution in [0.25, 0.3) is 0 Å². The minimum absolute atomic E-state index is 0.0278. The minimum atomic E-state index is -0.749. The number of hydrogen-bond donors (Lipinski definition) is 0. The second-order valence-electron chi connectivity index (χ2n) is 2.26. The van der Waals surface area contributed by atoms with Gasteiger partial charge in [-0.2, -0.15) is 0 Å². The van der Waals surface area contributed by atoms with Crippen LogP contribution < -0.4 is 10.2 Å². The van der Waals surface area contributed by atoms with E-state index in [-0.39, 0.29) is 5.75 Å². The summed E-state index contributed by atoms with van der Waals surface area (Å²) < 4.78 is 4.71. The predicted molar refractivity (Wildman–Crippen MR) is 45.9 cm³/mol. The SMILES string of the molecule is COc1ccccc(=O)c1[N+](=O)[O-]. The molecule has 0 heterocycles. The van der Waals surface area contributed by atoms with Crippen LogP contribution in [-0.4, -0.2) is 12.0 Å². The van der Waals surface area contributed by atoms with E-state index in [4.69, 9.17) is 4.74 Å². The lowest BCUT2D eigenvalue weighted by Crippen LogP contribution is -2.05. The van der Waals surface area contributed by atoms with Gasteiger partial charge in [0, 0.05) is 0 Å². The lowest BCUT2D eigenvalue weighted by Gasteiger charge is -1.94. The van der Waals surface area contributed by atoms with Crippen LogP contribution in [0.4, 0.5) is 5.69 Å². The highest BCUT2D eigenvalue weighted by Gasteiger charge is 2.16. The summed E-state index contributed by atoms with van der Waals surface area (Å²) in [6, 6.07) is 5.44. The molecular formula is C8H7NO4. The molecule has 0 fully saturated rings. The summed E-state index contributed by atoms with van der Waals surface area (Å²) >= 11 is 0. The summed E-state index contributed by atoms with van der Waals surface area (Å²) in [4.78, 5) is 20.8. The molecule has 0 bridgehead atoms. The Bertz CT molecular complexity index is 388. The zero-order chi connectivity index (χ0) is 9.84. The Kier molecular flexibility index (Phi) is 2.59. The second kappa shape index (κ2) is 3.66. The molecule has 0 saturated heterocycles. The first kappa shape index (κ1) is 9.18. The molecule has 68 valence electrons. The molecule has 0 aromatic heterocycles. The molecule has 13 heavy (non-hydrogen) atoms. The van der Waals surface area contributed by atoms with Gasteiger partial charge in [0.1, 0.15) is 0 Å². The van der Waals surface area contributed by atoms with E-state index in [9.17, 15) is 14.9 Å². The molecule has 5 heteroatoms. The summed E-state index contributed by atoms with van der Waals surface area (Å²) in [5.41, 5.74) is -1.20. The maximum absolute atomic E-state index is 11.1. The van der Waals surface area contributed by atoms with E-state index in [1.165, 1.54) is 25.3 Å². The third-order valence-corrected chi connectivity index (χ3v) is 1.48. The minimum Gasteiger partial charge on any atom is -0.490 e. The third-order valence-electron chi connectivity index (χ3n) is 1.48. The molecule has 0 N–H and O–H groups in total. The van der Waals surface area contributed by atoms with Crippen molar-refractivity contribution in [3.05, 3.63) is 44.6 Å². The number of hydrogen-bond acceptors (Lipinski definition) is 4. The first-order valence-corrected chi connectivity index (χ1v) is 3.48. The van der Waals surface area contributed by atoms with Crippen LogP contribution in [0.1, 0.15) is 0 Å². The van der Waals surface area contributed by atoms with Crippen molar-refractivity contribution in [3.63, 3.8) is 0 Å². The van der Waals surface area contributed by atoms with Crippen LogP contribution in [0.15, 0.2) is 29.1 Å². The Labute approximate surface area is 73.7 Å². The molecule has 0 saturated carbocycles. The van der Waals surface area contributed by atoms with Crippen LogP contribution in [0.5, 0.6) is 5.75 Å². The first-order valence-electron chi connectivity index (χ1n) is 3.48. The molecule has 0 aliphatic rings. The second-order valence-corrected chi connectivity index (χ2v) is 2.26. The summed E-state index contributed by atoms with van der Waals surface area (Å²) in [6.07, 6.45) is 0. The van der Waals surface area contributed by atoms with E-state index < -0.39 is 16.0 Å². The number of nitrogens with zero attached hydrogens (tertiary/aromatic N) is 1. The van der Waals surface area contributed by atoms with Crippen molar-refractivity contribution in [2.45, 2.75) is 0 Å². The number of rotatable bonds is 2. The monoisotopic (exact) mass is 181 g/mol. The average Bonchev–Trinajstić information content (AvgIpc) is 2.26. The molecule has 0 radical (unpaired) electrons. The van der Waals surface area contributed by atoms with E-state index in [2.05, 4.69) is 0 Å². The molecule has 0 amide bonds. The fourth-order valence-electron chi connectivity index (χ4n) is 0.910. The molecule has 0 unspecified atom stereocenters. The Morgan fingerprint density at radius 1 is 1.38 bits per heavy atom. The van der Waals surface area contributed by atoms with Crippen molar-refractivity contribution in [3.8, 4) is 5.75 Å². The van der Waals surface area contributed by atoms with E-state index in [1.54, 1.807) is 0 Å². The van der Waals surface area contributed by atoms with Crippen molar-refractivity contribution >= 4 is 5.69 Å². The van der Waals surface area contributed by atoms with Crippen molar-refractivity contribution in [1.82, 2.24) is 0 Å². The molecular weight excluding hydrogens is 174 g/mol. The highest BCUT2D eigenvalue weighted by Crippen LogP contribution is 2.19. The predicted octanol–water partition coefficient (Wildman–Crippen LogP) is 0.964. The fraction of sp³-hybridized carbons (Fsp3) is 0.125. The van der Waals surface area contributed by atoms with Gasteiger partial charge in [0.2, 0.25) is 5.75 Å². The van der Waals surface area contributed by atoms with Crippen LogP contribution in [0.2, 0.25) is 0 Å². The van der Waals surface area contributed by atoms with Gasteiger partial charge in [0.25, 0.3) is 5.43 Å². The van der Waals surface area contributed by atoms with Gasteiger partial charge in [-0.15, -0.1) is 0 Å². The number of ether oxygens (including phenoxy) is 1. The quantitative estimate of drug-likeness (QED) is 0.503. The van der Waals surface area contributed by atoms with Crippen molar-refractivity contribution < 1.29 is 9.66 Å². The van der Waals surface area contributed by atoms with Gasteiger partial charge in [-0.1, -0.05) is 12.1 Å². The maximum Gasteiger partial charge on any atom is 0.357 e. The molecule has 1 aromatic carbocycles. The van der Waals surface area contributed by atoms with Crippen LogP contribution >= 0.6 is 0 Å². The zero-order valence-electron chi connectivity index (χ0n) is 6.89. The fourth-order valence-corrected chi connectivity index (χ4v) is 0.910. The molecule has 0 aliphatic heterocycles. The zero-order valence-corrected chi connectivity index (χ0v) is 6.89. The van der Waals surface area contributed by atoms with Crippen molar-refractivity contribution in [2.24, 2.45) is 0 Å². The van der Waals surface area contributed by atoms with Gasteiger partial charge in [0.05, 0.1) is 12.0 Å². The molecule has 1 aromatic rings. The summed E-state index contributed by atoms with van der Waals surface area (Å²) in [6.45, 7) is 0. The largest absolute Gasteiger partial charge is 0.490 e. The van der Waals surface area contributed by atoms with Gasteiger partial charge in [-0.25, -0.2) is 0 Å². The lowest BCUT2D eigenvalue weighted by atomic mass is 10.4. The summed E-state index contributed by atoms with van der Waals surface area (Å²) in [7, 11) is 1.28. The van der Waals surface area contributed by atoms with Gasteiger partial charge in [-0.3, -0.25) is 14.9 Å². The lowest BCUT2D eigenvalue weighted by molar-refractivity contribution is -0.386. The molecule has 5 nitrogen and oxygen atoms in total. The number of nitro groups is 1. The molecule has 0 spiro atoms. The van der Waals surface area contributed by atoms with Gasteiger partial charge in [0.15, 0.2) is 0 Å². The van der Waals surface area contributed by atoms with E-state index in [0.717, 1.165) is 6.07 Å². The van der Waals surface area contributed by atoms with Gasteiger partial charge >= 0.3 is 5.69 Å². The normalized spacial score (nSPS) is 9.31. The van der Waals surface area contributed by atoms with E-state index in [1.807, 2.05) is 0 Å². The highest BCUT2D eigenvalue weighted by atomic mass is 16.6. The first-order chi connectivity index (χ1) is 6.16. The maximum atomic E-state index is 11.1. The summed E-state index contributed by atoms with van der Waals surface area (Å²) in [5, 5.41) is 10.5. The van der Waals surface area contributed by atoms with E-state index >= 15 is 0 Å². The highest BCUT2D eigenvalue weighted by molar-refractivity contribution is 5.44. The number of methoxy groups -OCH3 is 1.